The van der Waals surface area contributed by atoms with Crippen molar-refractivity contribution >= 4 is 21.4 Å². The van der Waals surface area contributed by atoms with E-state index >= 15 is 0 Å². The SMILES string of the molecule is CCN1CCC(N(C)S(=O)(=O)c2ccc(CO)s2)CC1. The second-order valence-corrected chi connectivity index (χ2v) is 8.46. The largest absolute Gasteiger partial charge is 0.391 e. The summed E-state index contributed by atoms with van der Waals surface area (Å²) in [7, 11) is -1.76. The molecule has 0 radical (unpaired) electrons. The fourth-order valence-electron chi connectivity index (χ4n) is 2.52. The van der Waals surface area contributed by atoms with Gasteiger partial charge in [-0.3, -0.25) is 0 Å². The average molecular weight is 318 g/mol. The third-order valence-corrected chi connectivity index (χ3v) is 7.39. The Kier molecular flexibility index (Phi) is 5.19. The molecule has 2 rings (SSSR count). The Labute approximate surface area is 124 Å². The minimum absolute atomic E-state index is 0.0717. The van der Waals surface area contributed by atoms with Gasteiger partial charge in [0.15, 0.2) is 0 Å². The molecule has 0 saturated carbocycles. The predicted octanol–water partition coefficient (Wildman–Crippen LogP) is 1.35. The number of aliphatic hydroxyl groups is 1. The maximum absolute atomic E-state index is 12.6. The highest BCUT2D eigenvalue weighted by Crippen LogP contribution is 2.27. The maximum Gasteiger partial charge on any atom is 0.252 e. The Morgan fingerprint density at radius 2 is 2.05 bits per heavy atom. The summed E-state index contributed by atoms with van der Waals surface area (Å²) >= 11 is 1.15. The summed E-state index contributed by atoms with van der Waals surface area (Å²) in [6.45, 7) is 4.94. The van der Waals surface area contributed by atoms with Gasteiger partial charge in [-0.2, -0.15) is 4.31 Å². The molecular weight excluding hydrogens is 296 g/mol. The van der Waals surface area contributed by atoms with Crippen LogP contribution < -0.4 is 0 Å². The minimum Gasteiger partial charge on any atom is -0.391 e. The lowest BCUT2D eigenvalue weighted by Crippen LogP contribution is -2.45. The van der Waals surface area contributed by atoms with E-state index in [2.05, 4.69) is 11.8 Å². The molecule has 0 aliphatic carbocycles. The number of likely N-dealkylation sites (tertiary alicyclic amines) is 1. The molecule has 20 heavy (non-hydrogen) atoms. The number of rotatable bonds is 5. The number of sulfonamides is 1. The molecule has 1 saturated heterocycles. The first-order chi connectivity index (χ1) is 9.48. The van der Waals surface area contributed by atoms with Crippen LogP contribution in [0.4, 0.5) is 0 Å². The molecule has 5 nitrogen and oxygen atoms in total. The lowest BCUT2D eigenvalue weighted by atomic mass is 10.1. The van der Waals surface area contributed by atoms with Crippen LogP contribution in [0.3, 0.4) is 0 Å². The van der Waals surface area contributed by atoms with E-state index in [4.69, 9.17) is 5.11 Å². The number of hydrogen-bond donors (Lipinski definition) is 1. The Hall–Kier alpha value is -0.470. The van der Waals surface area contributed by atoms with E-state index in [1.807, 2.05) is 0 Å². The van der Waals surface area contributed by atoms with Crippen LogP contribution in [-0.4, -0.2) is 55.5 Å². The van der Waals surface area contributed by atoms with Crippen molar-refractivity contribution in [3.05, 3.63) is 17.0 Å². The van der Waals surface area contributed by atoms with Gasteiger partial charge in [0.2, 0.25) is 0 Å². The van der Waals surface area contributed by atoms with Crippen LogP contribution in [0.15, 0.2) is 16.3 Å². The van der Waals surface area contributed by atoms with Gasteiger partial charge in [0.25, 0.3) is 10.0 Å². The molecule has 1 fully saturated rings. The van der Waals surface area contributed by atoms with Crippen LogP contribution in [0.5, 0.6) is 0 Å². The molecule has 114 valence electrons. The molecule has 0 aromatic carbocycles. The molecule has 0 unspecified atom stereocenters. The fourth-order valence-corrected chi connectivity index (χ4v) is 5.34. The van der Waals surface area contributed by atoms with Crippen molar-refractivity contribution in [2.75, 3.05) is 26.7 Å². The van der Waals surface area contributed by atoms with Gasteiger partial charge in [0.05, 0.1) is 6.61 Å². The predicted molar refractivity (Wildman–Crippen MR) is 80.3 cm³/mol. The van der Waals surface area contributed by atoms with Gasteiger partial charge in [-0.05, 0) is 44.6 Å². The zero-order valence-electron chi connectivity index (χ0n) is 11.9. The van der Waals surface area contributed by atoms with Crippen LogP contribution in [0, 0.1) is 0 Å². The van der Waals surface area contributed by atoms with Gasteiger partial charge in [-0.25, -0.2) is 8.42 Å². The smallest absolute Gasteiger partial charge is 0.252 e. The summed E-state index contributed by atoms with van der Waals surface area (Å²) in [5, 5.41) is 9.06. The van der Waals surface area contributed by atoms with E-state index < -0.39 is 10.0 Å². The minimum atomic E-state index is -3.43. The highest BCUT2D eigenvalue weighted by atomic mass is 32.2. The number of aliphatic hydroxyl groups excluding tert-OH is 1. The van der Waals surface area contributed by atoms with Crippen LogP contribution in [0.25, 0.3) is 0 Å². The Balaban J connectivity index is 2.09. The molecule has 1 aromatic rings. The zero-order chi connectivity index (χ0) is 14.8. The zero-order valence-corrected chi connectivity index (χ0v) is 13.6. The van der Waals surface area contributed by atoms with Crippen LogP contribution in [0.1, 0.15) is 24.6 Å². The summed E-state index contributed by atoms with van der Waals surface area (Å²) in [5.74, 6) is 0. The van der Waals surface area contributed by atoms with E-state index in [0.29, 0.717) is 9.09 Å². The second kappa shape index (κ2) is 6.53. The van der Waals surface area contributed by atoms with Crippen LogP contribution in [0.2, 0.25) is 0 Å². The van der Waals surface area contributed by atoms with Gasteiger partial charge in [0, 0.05) is 18.0 Å². The van der Waals surface area contributed by atoms with Gasteiger partial charge in [-0.15, -0.1) is 11.3 Å². The van der Waals surface area contributed by atoms with E-state index in [1.165, 1.54) is 4.31 Å². The van der Waals surface area contributed by atoms with Crippen molar-refractivity contribution in [2.24, 2.45) is 0 Å². The number of hydrogen-bond acceptors (Lipinski definition) is 5. The molecular formula is C13H22N2O3S2. The van der Waals surface area contributed by atoms with Crippen molar-refractivity contribution < 1.29 is 13.5 Å². The molecule has 0 bridgehead atoms. The third-order valence-electron chi connectivity index (χ3n) is 3.94. The molecule has 1 aliphatic rings. The van der Waals surface area contributed by atoms with Gasteiger partial charge in [0.1, 0.15) is 4.21 Å². The van der Waals surface area contributed by atoms with Crippen LogP contribution >= 0.6 is 11.3 Å². The first-order valence-electron chi connectivity index (χ1n) is 6.89. The molecule has 7 heteroatoms. The van der Waals surface area contributed by atoms with Crippen molar-refractivity contribution in [1.82, 2.24) is 9.21 Å². The fraction of sp³-hybridized carbons (Fsp3) is 0.692. The Bertz CT molecular complexity index is 534. The summed E-state index contributed by atoms with van der Waals surface area (Å²) in [5.41, 5.74) is 0. The topological polar surface area (TPSA) is 60.9 Å². The molecule has 1 N–H and O–H groups in total. The molecule has 2 heterocycles. The lowest BCUT2D eigenvalue weighted by molar-refractivity contribution is 0.176. The van der Waals surface area contributed by atoms with Gasteiger partial charge >= 0.3 is 0 Å². The normalized spacial score (nSPS) is 18.8. The first kappa shape index (κ1) is 15.9. The lowest BCUT2D eigenvalue weighted by Gasteiger charge is -2.35. The summed E-state index contributed by atoms with van der Waals surface area (Å²) in [6, 6.07) is 3.33. The van der Waals surface area contributed by atoms with E-state index in [-0.39, 0.29) is 12.6 Å². The monoisotopic (exact) mass is 318 g/mol. The Morgan fingerprint density at radius 3 is 2.55 bits per heavy atom. The summed E-state index contributed by atoms with van der Waals surface area (Å²) < 4.78 is 26.9. The maximum atomic E-state index is 12.6. The van der Waals surface area contributed by atoms with Crippen molar-refractivity contribution in [1.29, 1.82) is 0 Å². The Morgan fingerprint density at radius 1 is 1.40 bits per heavy atom. The van der Waals surface area contributed by atoms with Gasteiger partial charge in [-0.1, -0.05) is 6.92 Å². The molecule has 1 aliphatic heterocycles. The van der Waals surface area contributed by atoms with E-state index in [1.54, 1.807) is 19.2 Å². The van der Waals surface area contributed by atoms with Crippen molar-refractivity contribution in [2.45, 2.75) is 36.6 Å². The molecule has 0 atom stereocenters. The summed E-state index contributed by atoms with van der Waals surface area (Å²) in [4.78, 5) is 3.02. The average Bonchev–Trinajstić information content (AvgIpc) is 2.96. The number of piperidine rings is 1. The van der Waals surface area contributed by atoms with E-state index in [0.717, 1.165) is 43.8 Å². The van der Waals surface area contributed by atoms with Gasteiger partial charge < -0.3 is 10.0 Å². The third kappa shape index (κ3) is 3.23. The molecule has 0 spiro atoms. The number of nitrogens with zero attached hydrogens (tertiary/aromatic N) is 2. The molecule has 0 amide bonds. The molecule has 1 aromatic heterocycles. The van der Waals surface area contributed by atoms with Crippen molar-refractivity contribution in [3.8, 4) is 0 Å². The standard InChI is InChI=1S/C13H22N2O3S2/c1-3-15-8-6-11(7-9-15)14(2)20(17,18)13-5-4-12(10-16)19-13/h4-5,11,16H,3,6-10H2,1-2H3. The first-order valence-corrected chi connectivity index (χ1v) is 9.14. The van der Waals surface area contributed by atoms with E-state index in [9.17, 15) is 8.42 Å². The van der Waals surface area contributed by atoms with Crippen LogP contribution in [-0.2, 0) is 16.6 Å². The second-order valence-electron chi connectivity index (χ2n) is 5.07. The quantitative estimate of drug-likeness (QED) is 0.890. The highest BCUT2D eigenvalue weighted by molar-refractivity contribution is 7.91. The number of thiophene rings is 1. The van der Waals surface area contributed by atoms with Crippen molar-refractivity contribution in [3.63, 3.8) is 0 Å². The summed E-state index contributed by atoms with van der Waals surface area (Å²) in [6.07, 6.45) is 1.75. The highest BCUT2D eigenvalue weighted by Gasteiger charge is 2.31.